The third kappa shape index (κ3) is 5.02. The maximum atomic E-state index is 13.0. The Hall–Kier alpha value is -3.12. The lowest BCUT2D eigenvalue weighted by molar-refractivity contribution is 0.0857. The molecule has 32 heavy (non-hydrogen) atoms. The van der Waals surface area contributed by atoms with Crippen LogP contribution in [0.2, 0.25) is 0 Å². The number of ketones is 1. The average molecular weight is 435 g/mol. The number of hydrogen-bond acceptors (Lipinski definition) is 5. The summed E-state index contributed by atoms with van der Waals surface area (Å²) in [6.07, 6.45) is 4.60. The molecule has 0 aromatic heterocycles. The zero-order valence-corrected chi connectivity index (χ0v) is 18.9. The van der Waals surface area contributed by atoms with Crippen LogP contribution in [0.5, 0.6) is 5.75 Å². The topological polar surface area (TPSA) is 76.7 Å². The second kappa shape index (κ2) is 9.17. The Labute approximate surface area is 189 Å². The number of carbonyl (C=O) groups is 2. The molecule has 2 aliphatic rings. The zero-order valence-electron chi connectivity index (χ0n) is 18.9. The Morgan fingerprint density at radius 1 is 1.19 bits per heavy atom. The van der Waals surface area contributed by atoms with Crippen molar-refractivity contribution in [1.82, 2.24) is 10.6 Å². The molecular weight excluding hydrogens is 404 g/mol. The van der Waals surface area contributed by atoms with Crippen LogP contribution in [0.1, 0.15) is 58.5 Å². The van der Waals surface area contributed by atoms with Crippen molar-refractivity contribution in [1.29, 1.82) is 0 Å². The minimum absolute atomic E-state index is 0.0974. The molecule has 1 atom stereocenters. The predicted octanol–water partition coefficient (Wildman–Crippen LogP) is 3.75. The third-order valence-corrected chi connectivity index (χ3v) is 5.93. The van der Waals surface area contributed by atoms with Gasteiger partial charge in [0.2, 0.25) is 0 Å². The minimum Gasteiger partial charge on any atom is -0.497 e. The average Bonchev–Trinajstić information content (AvgIpc) is 3.30. The second-order valence-corrected chi connectivity index (χ2v) is 9.05. The van der Waals surface area contributed by atoms with E-state index in [0.717, 1.165) is 42.9 Å². The molecule has 1 unspecified atom stereocenters. The van der Waals surface area contributed by atoms with Gasteiger partial charge >= 0.3 is 0 Å². The summed E-state index contributed by atoms with van der Waals surface area (Å²) < 4.78 is 10.9. The monoisotopic (exact) mass is 434 g/mol. The van der Waals surface area contributed by atoms with E-state index in [4.69, 9.17) is 9.47 Å². The number of carbonyl (C=O) groups excluding carboxylic acids is 2. The van der Waals surface area contributed by atoms with E-state index in [-0.39, 0.29) is 23.3 Å². The van der Waals surface area contributed by atoms with E-state index in [1.807, 2.05) is 12.1 Å². The largest absolute Gasteiger partial charge is 0.497 e. The summed E-state index contributed by atoms with van der Waals surface area (Å²) in [5.41, 5.74) is 3.81. The van der Waals surface area contributed by atoms with Crippen LogP contribution in [0.25, 0.3) is 5.70 Å². The first-order valence-corrected chi connectivity index (χ1v) is 11.1. The highest BCUT2D eigenvalue weighted by Gasteiger charge is 2.28. The van der Waals surface area contributed by atoms with Crippen molar-refractivity contribution >= 4 is 17.4 Å². The summed E-state index contributed by atoms with van der Waals surface area (Å²) in [4.78, 5) is 25.4. The third-order valence-electron chi connectivity index (χ3n) is 5.93. The Kier molecular flexibility index (Phi) is 6.33. The van der Waals surface area contributed by atoms with E-state index in [9.17, 15) is 9.59 Å². The van der Waals surface area contributed by atoms with Crippen LogP contribution in [0.3, 0.4) is 0 Å². The number of benzene rings is 2. The summed E-state index contributed by atoms with van der Waals surface area (Å²) in [7, 11) is 1.63. The molecule has 0 bridgehead atoms. The number of ether oxygens (including phenoxy) is 2. The molecular formula is C26H30N2O4. The van der Waals surface area contributed by atoms with E-state index in [1.54, 1.807) is 37.5 Å². The van der Waals surface area contributed by atoms with Crippen LogP contribution in [-0.2, 0) is 11.2 Å². The fourth-order valence-electron chi connectivity index (χ4n) is 4.27. The van der Waals surface area contributed by atoms with Gasteiger partial charge in [0.25, 0.3) is 5.91 Å². The molecule has 4 rings (SSSR count). The van der Waals surface area contributed by atoms with Crippen LogP contribution in [0, 0.1) is 0 Å². The van der Waals surface area contributed by atoms with Crippen LogP contribution in [0.4, 0.5) is 0 Å². The van der Waals surface area contributed by atoms with Gasteiger partial charge in [-0.3, -0.25) is 9.59 Å². The fourth-order valence-corrected chi connectivity index (χ4v) is 4.27. The molecule has 0 saturated carbocycles. The summed E-state index contributed by atoms with van der Waals surface area (Å²) >= 11 is 0. The van der Waals surface area contributed by atoms with Gasteiger partial charge in [-0.05, 0) is 62.9 Å². The van der Waals surface area contributed by atoms with Crippen LogP contribution < -0.4 is 15.4 Å². The molecule has 2 aromatic carbocycles. The zero-order chi connectivity index (χ0) is 22.7. The van der Waals surface area contributed by atoms with E-state index in [2.05, 4.69) is 30.5 Å². The first kappa shape index (κ1) is 22.1. The Morgan fingerprint density at radius 2 is 1.94 bits per heavy atom. The quantitative estimate of drug-likeness (QED) is 0.535. The first-order chi connectivity index (χ1) is 15.3. The second-order valence-electron chi connectivity index (χ2n) is 9.05. The van der Waals surface area contributed by atoms with E-state index < -0.39 is 0 Å². The minimum atomic E-state index is -0.168. The lowest BCUT2D eigenvalue weighted by atomic mass is 9.85. The number of methoxy groups -OCH3 is 1. The molecule has 2 heterocycles. The standard InChI is InChI=1S/C26H30N2O4/c1-26(2)15-19-10-11-20(31-3)13-22(19)23(28-26)14-24(29)17-6-8-18(9-7-17)25(30)27-16-21-5-4-12-32-21/h6-11,13-14,21,28H,4-5,12,15-16H2,1-3H3,(H,27,30)/b23-14-. The molecule has 0 radical (unpaired) electrons. The summed E-state index contributed by atoms with van der Waals surface area (Å²) in [5, 5.41) is 6.39. The lowest BCUT2D eigenvalue weighted by Crippen LogP contribution is -2.43. The maximum Gasteiger partial charge on any atom is 0.251 e. The van der Waals surface area contributed by atoms with Crippen molar-refractivity contribution in [3.05, 3.63) is 70.8 Å². The molecule has 1 saturated heterocycles. The number of amides is 1. The van der Waals surface area contributed by atoms with Crippen LogP contribution in [-0.4, -0.2) is 43.6 Å². The molecule has 0 spiro atoms. The van der Waals surface area contributed by atoms with Gasteiger partial charge in [0.15, 0.2) is 5.78 Å². The highest BCUT2D eigenvalue weighted by Crippen LogP contribution is 2.32. The highest BCUT2D eigenvalue weighted by atomic mass is 16.5. The van der Waals surface area contributed by atoms with Crippen molar-refractivity contribution < 1.29 is 19.1 Å². The first-order valence-electron chi connectivity index (χ1n) is 11.1. The molecule has 2 aliphatic heterocycles. The summed E-state index contributed by atoms with van der Waals surface area (Å²) in [6.45, 7) is 5.50. The number of nitrogens with one attached hydrogen (secondary N) is 2. The van der Waals surface area contributed by atoms with Gasteiger partial charge in [0, 0.05) is 47.2 Å². The van der Waals surface area contributed by atoms with Crippen molar-refractivity contribution in [3.63, 3.8) is 0 Å². The smallest absolute Gasteiger partial charge is 0.251 e. The highest BCUT2D eigenvalue weighted by molar-refractivity contribution is 6.09. The number of allylic oxidation sites excluding steroid dienone is 1. The van der Waals surface area contributed by atoms with Gasteiger partial charge in [-0.2, -0.15) is 0 Å². The summed E-state index contributed by atoms with van der Waals surface area (Å²) in [6, 6.07) is 12.7. The number of hydrogen-bond donors (Lipinski definition) is 2. The lowest BCUT2D eigenvalue weighted by Gasteiger charge is -2.35. The van der Waals surface area contributed by atoms with Gasteiger partial charge in [0.05, 0.1) is 13.2 Å². The molecule has 2 N–H and O–H groups in total. The van der Waals surface area contributed by atoms with Crippen molar-refractivity contribution in [2.45, 2.75) is 44.8 Å². The Morgan fingerprint density at radius 3 is 2.62 bits per heavy atom. The van der Waals surface area contributed by atoms with E-state index in [0.29, 0.717) is 17.7 Å². The fraction of sp³-hybridized carbons (Fsp3) is 0.385. The van der Waals surface area contributed by atoms with Gasteiger partial charge in [-0.25, -0.2) is 0 Å². The van der Waals surface area contributed by atoms with Gasteiger partial charge < -0.3 is 20.1 Å². The molecule has 2 aromatic rings. The summed E-state index contributed by atoms with van der Waals surface area (Å²) in [5.74, 6) is 0.474. The van der Waals surface area contributed by atoms with Crippen molar-refractivity contribution in [2.75, 3.05) is 20.3 Å². The molecule has 0 aliphatic carbocycles. The molecule has 1 fully saturated rings. The van der Waals surface area contributed by atoms with Gasteiger partial charge in [-0.1, -0.05) is 18.2 Å². The predicted molar refractivity (Wildman–Crippen MR) is 124 cm³/mol. The Balaban J connectivity index is 1.50. The van der Waals surface area contributed by atoms with Crippen molar-refractivity contribution in [2.24, 2.45) is 0 Å². The normalized spacial score (nSPS) is 20.3. The van der Waals surface area contributed by atoms with Crippen LogP contribution >= 0.6 is 0 Å². The Bertz CT molecular complexity index is 1030. The maximum absolute atomic E-state index is 13.0. The van der Waals surface area contributed by atoms with Crippen LogP contribution in [0.15, 0.2) is 48.5 Å². The SMILES string of the molecule is COc1ccc2c(c1)/C(=C/C(=O)c1ccc(C(=O)NCC3CCCO3)cc1)NC(C)(C)C2. The molecule has 6 nitrogen and oxygen atoms in total. The van der Waals surface area contributed by atoms with Gasteiger partial charge in [0.1, 0.15) is 5.75 Å². The molecule has 1 amide bonds. The molecule has 168 valence electrons. The van der Waals surface area contributed by atoms with E-state index in [1.165, 1.54) is 5.56 Å². The number of fused-ring (bicyclic) bond motifs is 1. The molecule has 6 heteroatoms. The van der Waals surface area contributed by atoms with Crippen molar-refractivity contribution in [3.8, 4) is 5.75 Å². The number of rotatable bonds is 6. The van der Waals surface area contributed by atoms with E-state index >= 15 is 0 Å². The van der Waals surface area contributed by atoms with Gasteiger partial charge in [-0.15, -0.1) is 0 Å².